The third kappa shape index (κ3) is 1.98. The average Bonchev–Trinajstić information content (AvgIpc) is 2.66. The number of amides is 1. The van der Waals surface area contributed by atoms with Crippen molar-refractivity contribution in [1.29, 1.82) is 0 Å². The highest BCUT2D eigenvalue weighted by Crippen LogP contribution is 2.07. The van der Waals surface area contributed by atoms with Crippen LogP contribution in [0.5, 0.6) is 0 Å². The number of aromatic nitrogens is 3. The molecule has 2 rings (SSSR count). The molecule has 1 amide bonds. The molecule has 0 spiro atoms. The number of aryl methyl sites for hydroxylation is 1. The van der Waals surface area contributed by atoms with Gasteiger partial charge in [0.05, 0.1) is 5.69 Å². The smallest absolute Gasteiger partial charge is 0.295 e. The van der Waals surface area contributed by atoms with Gasteiger partial charge in [-0.3, -0.25) is 10.1 Å². The van der Waals surface area contributed by atoms with E-state index in [9.17, 15) is 4.79 Å². The number of nitrogens with zero attached hydrogens (tertiary/aromatic N) is 3. The van der Waals surface area contributed by atoms with Crippen molar-refractivity contribution in [3.63, 3.8) is 0 Å². The number of hydrogen-bond acceptors (Lipinski definition) is 5. The second kappa shape index (κ2) is 3.87. The first-order valence-electron chi connectivity index (χ1n) is 4.26. The summed E-state index contributed by atoms with van der Waals surface area (Å²) in [7, 11) is 0. The molecule has 0 saturated heterocycles. The lowest BCUT2D eigenvalue weighted by molar-refractivity contribution is 0.0995. The molecule has 2 aromatic rings. The Labute approximate surface area is 85.4 Å². The van der Waals surface area contributed by atoms with Crippen LogP contribution in [0.3, 0.4) is 0 Å². The zero-order valence-electron chi connectivity index (χ0n) is 7.97. The Hall–Kier alpha value is -2.24. The summed E-state index contributed by atoms with van der Waals surface area (Å²) in [6.45, 7) is 1.68. The molecular formula is C9H8N4O2. The third-order valence-corrected chi connectivity index (χ3v) is 1.74. The molecule has 0 atom stereocenters. The maximum Gasteiger partial charge on any atom is 0.295 e. The normalized spacial score (nSPS) is 9.93. The monoisotopic (exact) mass is 204 g/mol. The van der Waals surface area contributed by atoms with E-state index in [0.29, 0.717) is 5.69 Å². The summed E-state index contributed by atoms with van der Waals surface area (Å²) in [5, 5.41) is 2.49. The van der Waals surface area contributed by atoms with Gasteiger partial charge in [0.25, 0.3) is 5.91 Å². The highest BCUT2D eigenvalue weighted by Gasteiger charge is 2.14. The lowest BCUT2D eigenvalue weighted by Gasteiger charge is -1.99. The number of nitrogens with one attached hydrogen (secondary N) is 1. The quantitative estimate of drug-likeness (QED) is 0.789. The van der Waals surface area contributed by atoms with E-state index >= 15 is 0 Å². The molecule has 1 N–H and O–H groups in total. The van der Waals surface area contributed by atoms with Crippen molar-refractivity contribution >= 4 is 11.9 Å². The van der Waals surface area contributed by atoms with Crippen molar-refractivity contribution in [2.24, 2.45) is 0 Å². The molecule has 0 fully saturated rings. The van der Waals surface area contributed by atoms with Gasteiger partial charge in [0.2, 0.25) is 11.7 Å². The molecule has 15 heavy (non-hydrogen) atoms. The van der Waals surface area contributed by atoms with Gasteiger partial charge in [0.1, 0.15) is 0 Å². The van der Waals surface area contributed by atoms with E-state index < -0.39 is 5.91 Å². The van der Waals surface area contributed by atoms with E-state index in [1.807, 2.05) is 0 Å². The Kier molecular flexibility index (Phi) is 2.40. The summed E-state index contributed by atoms with van der Waals surface area (Å²) in [4.78, 5) is 23.1. The summed E-state index contributed by atoms with van der Waals surface area (Å²) >= 11 is 0. The summed E-state index contributed by atoms with van der Waals surface area (Å²) < 4.78 is 4.92. The van der Waals surface area contributed by atoms with Crippen LogP contribution in [0.15, 0.2) is 29.3 Å². The topological polar surface area (TPSA) is 80.9 Å². The van der Waals surface area contributed by atoms with Crippen molar-refractivity contribution in [2.75, 3.05) is 5.32 Å². The van der Waals surface area contributed by atoms with Gasteiger partial charge in [-0.25, -0.2) is 15.0 Å². The maximum atomic E-state index is 11.6. The molecule has 0 unspecified atom stereocenters. The van der Waals surface area contributed by atoms with Crippen LogP contribution in [0, 0.1) is 6.92 Å². The van der Waals surface area contributed by atoms with Crippen LogP contribution in [0.4, 0.5) is 5.95 Å². The number of rotatable bonds is 2. The summed E-state index contributed by atoms with van der Waals surface area (Å²) in [6.07, 6.45) is 4.29. The van der Waals surface area contributed by atoms with Crippen molar-refractivity contribution in [3.05, 3.63) is 36.3 Å². The van der Waals surface area contributed by atoms with Crippen molar-refractivity contribution in [1.82, 2.24) is 15.0 Å². The highest BCUT2D eigenvalue weighted by atomic mass is 16.3. The van der Waals surface area contributed by atoms with Crippen LogP contribution >= 0.6 is 0 Å². The third-order valence-electron chi connectivity index (χ3n) is 1.74. The summed E-state index contributed by atoms with van der Waals surface area (Å²) in [6, 6.07) is 1.66. The molecule has 0 aliphatic heterocycles. The van der Waals surface area contributed by atoms with Gasteiger partial charge in [-0.05, 0) is 13.0 Å². The number of carbonyl (C=O) groups excluding carboxylic acids is 1. The van der Waals surface area contributed by atoms with Gasteiger partial charge in [-0.2, -0.15) is 0 Å². The van der Waals surface area contributed by atoms with E-state index in [-0.39, 0.29) is 11.7 Å². The standard InChI is InChI=1S/C9H8N4O2/c1-6-7(15-5-12-6)8(14)13-9-10-3-2-4-11-9/h2-5H,1H3,(H,10,11,13,14). The fourth-order valence-corrected chi connectivity index (χ4v) is 1.04. The molecule has 2 heterocycles. The van der Waals surface area contributed by atoms with Gasteiger partial charge in [-0.15, -0.1) is 0 Å². The molecule has 0 bridgehead atoms. The van der Waals surface area contributed by atoms with Crippen LogP contribution in [0.1, 0.15) is 16.2 Å². The number of oxazole rings is 1. The van der Waals surface area contributed by atoms with Crippen LogP contribution in [0.25, 0.3) is 0 Å². The first-order chi connectivity index (χ1) is 7.27. The molecular weight excluding hydrogens is 196 g/mol. The van der Waals surface area contributed by atoms with E-state index in [1.54, 1.807) is 13.0 Å². The first-order valence-corrected chi connectivity index (χ1v) is 4.26. The van der Waals surface area contributed by atoms with E-state index in [2.05, 4.69) is 20.3 Å². The molecule has 0 radical (unpaired) electrons. The van der Waals surface area contributed by atoms with Gasteiger partial charge >= 0.3 is 0 Å². The molecule has 0 aromatic carbocycles. The van der Waals surface area contributed by atoms with Crippen molar-refractivity contribution in [3.8, 4) is 0 Å². The van der Waals surface area contributed by atoms with Crippen LogP contribution in [-0.4, -0.2) is 20.9 Å². The van der Waals surface area contributed by atoms with Crippen LogP contribution in [0.2, 0.25) is 0 Å². The predicted molar refractivity (Wildman–Crippen MR) is 51.2 cm³/mol. The first kappa shape index (κ1) is 9.32. The zero-order chi connectivity index (χ0) is 10.7. The average molecular weight is 204 g/mol. The molecule has 2 aromatic heterocycles. The fraction of sp³-hybridized carbons (Fsp3) is 0.111. The van der Waals surface area contributed by atoms with Gasteiger partial charge < -0.3 is 4.42 Å². The van der Waals surface area contributed by atoms with Crippen molar-refractivity contribution in [2.45, 2.75) is 6.92 Å². The van der Waals surface area contributed by atoms with Crippen LogP contribution in [-0.2, 0) is 0 Å². The van der Waals surface area contributed by atoms with E-state index in [4.69, 9.17) is 4.42 Å². The number of carbonyl (C=O) groups is 1. The Bertz CT molecular complexity index is 466. The summed E-state index contributed by atoms with van der Waals surface area (Å²) in [5.41, 5.74) is 0.531. The molecule has 76 valence electrons. The Morgan fingerprint density at radius 3 is 2.67 bits per heavy atom. The second-order valence-corrected chi connectivity index (χ2v) is 2.79. The fourth-order valence-electron chi connectivity index (χ4n) is 1.04. The molecule has 0 aliphatic rings. The molecule has 6 nitrogen and oxygen atoms in total. The predicted octanol–water partition coefficient (Wildman–Crippen LogP) is 1.03. The molecule has 6 heteroatoms. The zero-order valence-corrected chi connectivity index (χ0v) is 7.97. The lowest BCUT2D eigenvalue weighted by atomic mass is 10.3. The van der Waals surface area contributed by atoms with Gasteiger partial charge in [-0.1, -0.05) is 0 Å². The Balaban J connectivity index is 2.15. The Morgan fingerprint density at radius 2 is 2.07 bits per heavy atom. The molecule has 0 saturated carbocycles. The number of anilines is 1. The van der Waals surface area contributed by atoms with E-state index in [0.717, 1.165) is 0 Å². The van der Waals surface area contributed by atoms with Gasteiger partial charge in [0, 0.05) is 12.4 Å². The largest absolute Gasteiger partial charge is 0.438 e. The minimum atomic E-state index is -0.406. The lowest BCUT2D eigenvalue weighted by Crippen LogP contribution is -2.14. The van der Waals surface area contributed by atoms with Crippen LogP contribution < -0.4 is 5.32 Å². The summed E-state index contributed by atoms with van der Waals surface area (Å²) in [5.74, 6) is -0.00282. The minimum absolute atomic E-state index is 0.169. The van der Waals surface area contributed by atoms with Crippen molar-refractivity contribution < 1.29 is 9.21 Å². The maximum absolute atomic E-state index is 11.6. The SMILES string of the molecule is Cc1ncoc1C(=O)Nc1ncccn1. The second-order valence-electron chi connectivity index (χ2n) is 2.79. The van der Waals surface area contributed by atoms with E-state index in [1.165, 1.54) is 18.8 Å². The Morgan fingerprint density at radius 1 is 1.33 bits per heavy atom. The number of hydrogen-bond donors (Lipinski definition) is 1. The minimum Gasteiger partial charge on any atom is -0.438 e. The van der Waals surface area contributed by atoms with Gasteiger partial charge in [0.15, 0.2) is 6.39 Å². The molecule has 0 aliphatic carbocycles. The highest BCUT2D eigenvalue weighted by molar-refractivity contribution is 6.01.